The molecule has 6 nitrogen and oxygen atoms in total. The Morgan fingerprint density at radius 1 is 1.11 bits per heavy atom. The van der Waals surface area contributed by atoms with Crippen molar-refractivity contribution in [1.82, 2.24) is 4.72 Å². The summed E-state index contributed by atoms with van der Waals surface area (Å²) in [6.45, 7) is 9.23. The second-order valence-electron chi connectivity index (χ2n) is 9.16. The minimum absolute atomic E-state index is 0.136. The van der Waals surface area contributed by atoms with Crippen LogP contribution in [-0.2, 0) is 19.3 Å². The van der Waals surface area contributed by atoms with Crippen LogP contribution in [0.4, 0.5) is 4.39 Å². The Kier molecular flexibility index (Phi) is 5.47. The lowest BCUT2D eigenvalue weighted by molar-refractivity contribution is 0.00578. The van der Waals surface area contributed by atoms with Crippen molar-refractivity contribution in [3.05, 3.63) is 24.0 Å². The molecule has 28 heavy (non-hydrogen) atoms. The maximum atomic E-state index is 14.7. The number of aliphatic hydroxyl groups is 1. The summed E-state index contributed by atoms with van der Waals surface area (Å²) in [6.07, 6.45) is 2.13. The summed E-state index contributed by atoms with van der Waals surface area (Å²) in [6, 6.07) is 3.50. The average Bonchev–Trinajstić information content (AvgIpc) is 2.77. The zero-order valence-electron chi connectivity index (χ0n) is 17.1. The van der Waals surface area contributed by atoms with E-state index in [4.69, 9.17) is 9.31 Å². The van der Waals surface area contributed by atoms with Crippen molar-refractivity contribution < 1.29 is 27.2 Å². The highest BCUT2D eigenvalue weighted by molar-refractivity contribution is 7.89. The molecule has 0 bridgehead atoms. The molecule has 1 heterocycles. The predicted octanol–water partition coefficient (Wildman–Crippen LogP) is 2.10. The Morgan fingerprint density at radius 3 is 2.14 bits per heavy atom. The fourth-order valence-corrected chi connectivity index (χ4v) is 4.80. The van der Waals surface area contributed by atoms with E-state index in [1.165, 1.54) is 12.1 Å². The molecule has 3 rings (SSSR count). The smallest absolute Gasteiger partial charge is 0.399 e. The van der Waals surface area contributed by atoms with Crippen LogP contribution in [0.3, 0.4) is 0 Å². The first kappa shape index (κ1) is 21.7. The minimum Gasteiger partial charge on any atom is -0.399 e. The summed E-state index contributed by atoms with van der Waals surface area (Å²) in [5, 5.41) is 10.0. The number of halogens is 1. The molecule has 2 fully saturated rings. The van der Waals surface area contributed by atoms with Gasteiger partial charge in [-0.2, -0.15) is 0 Å². The fourth-order valence-electron chi connectivity index (χ4n) is 3.48. The van der Waals surface area contributed by atoms with Gasteiger partial charge in [0, 0.05) is 11.5 Å². The van der Waals surface area contributed by atoms with E-state index < -0.39 is 39.8 Å². The zero-order valence-corrected chi connectivity index (χ0v) is 17.9. The van der Waals surface area contributed by atoms with Gasteiger partial charge in [0.05, 0.1) is 21.7 Å². The monoisotopic (exact) mass is 413 g/mol. The first-order valence-electron chi connectivity index (χ1n) is 9.62. The maximum Gasteiger partial charge on any atom is 0.497 e. The van der Waals surface area contributed by atoms with E-state index in [9.17, 15) is 17.9 Å². The third kappa shape index (κ3) is 4.28. The molecule has 1 aromatic rings. The van der Waals surface area contributed by atoms with Crippen molar-refractivity contribution in [2.45, 2.75) is 88.0 Å². The second kappa shape index (κ2) is 7.06. The van der Waals surface area contributed by atoms with Crippen LogP contribution in [0, 0.1) is 5.82 Å². The van der Waals surface area contributed by atoms with Crippen LogP contribution in [0.1, 0.15) is 60.3 Å². The van der Waals surface area contributed by atoms with Crippen LogP contribution in [0.2, 0.25) is 0 Å². The summed E-state index contributed by atoms with van der Waals surface area (Å²) in [7, 11) is -4.75. The van der Waals surface area contributed by atoms with Gasteiger partial charge in [-0.15, -0.1) is 0 Å². The third-order valence-electron chi connectivity index (χ3n) is 6.17. The van der Waals surface area contributed by atoms with Crippen LogP contribution in [0.15, 0.2) is 23.1 Å². The van der Waals surface area contributed by atoms with E-state index in [-0.39, 0.29) is 16.4 Å². The Labute approximate surface area is 167 Å². The van der Waals surface area contributed by atoms with Crippen molar-refractivity contribution in [2.75, 3.05) is 0 Å². The van der Waals surface area contributed by atoms with Gasteiger partial charge in [0.25, 0.3) is 0 Å². The maximum absolute atomic E-state index is 14.7. The number of rotatable bonds is 4. The molecule has 156 valence electrons. The average molecular weight is 413 g/mol. The topological polar surface area (TPSA) is 84.9 Å². The van der Waals surface area contributed by atoms with Crippen molar-refractivity contribution in [3.8, 4) is 0 Å². The molecule has 0 atom stereocenters. The lowest BCUT2D eigenvalue weighted by Gasteiger charge is -2.33. The van der Waals surface area contributed by atoms with Gasteiger partial charge in [0.1, 0.15) is 5.82 Å². The van der Waals surface area contributed by atoms with E-state index >= 15 is 0 Å². The standard InChI is InChI=1S/C19H29BFNO5S/c1-17(2)18(3,4)27-20(26-17)15-7-6-14(12-16(15)21)28(24,25)22-13-8-10-19(5,23)11-9-13/h6-7,12-13,22-23H,8-11H2,1-5H3/t13-,19+. The second-order valence-corrected chi connectivity index (χ2v) is 10.9. The van der Waals surface area contributed by atoms with Crippen LogP contribution < -0.4 is 10.2 Å². The van der Waals surface area contributed by atoms with Crippen LogP contribution in [0.5, 0.6) is 0 Å². The lowest BCUT2D eigenvalue weighted by Crippen LogP contribution is -2.42. The van der Waals surface area contributed by atoms with Gasteiger partial charge in [0.2, 0.25) is 10.0 Å². The van der Waals surface area contributed by atoms with Crippen molar-refractivity contribution >= 4 is 22.6 Å². The van der Waals surface area contributed by atoms with Crippen LogP contribution in [0.25, 0.3) is 0 Å². The van der Waals surface area contributed by atoms with E-state index in [0.717, 1.165) is 6.07 Å². The highest BCUT2D eigenvalue weighted by atomic mass is 32.2. The molecule has 9 heteroatoms. The molecule has 0 spiro atoms. The Morgan fingerprint density at radius 2 is 1.64 bits per heavy atom. The quantitative estimate of drug-likeness (QED) is 0.739. The van der Waals surface area contributed by atoms with Crippen LogP contribution in [-0.4, -0.2) is 43.5 Å². The summed E-state index contributed by atoms with van der Waals surface area (Å²) < 4.78 is 54.3. The lowest BCUT2D eigenvalue weighted by atomic mass is 9.79. The summed E-state index contributed by atoms with van der Waals surface area (Å²) >= 11 is 0. The molecule has 0 unspecified atom stereocenters. The SMILES string of the molecule is CC1(C)OB(c2ccc(S(=O)(=O)N[C@H]3CC[C@@](C)(O)CC3)cc2F)OC1(C)C. The predicted molar refractivity (Wildman–Crippen MR) is 105 cm³/mol. The van der Waals surface area contributed by atoms with Gasteiger partial charge in [-0.3, -0.25) is 0 Å². The van der Waals surface area contributed by atoms with Gasteiger partial charge in [-0.05, 0) is 72.4 Å². The minimum atomic E-state index is -3.86. The number of sulfonamides is 1. The van der Waals surface area contributed by atoms with E-state index in [1.807, 2.05) is 27.7 Å². The van der Waals surface area contributed by atoms with Gasteiger partial charge in [-0.25, -0.2) is 17.5 Å². The molecule has 1 saturated heterocycles. The highest BCUT2D eigenvalue weighted by Gasteiger charge is 2.52. The summed E-state index contributed by atoms with van der Waals surface area (Å²) in [5.41, 5.74) is -1.80. The number of hydrogen-bond donors (Lipinski definition) is 2. The molecule has 2 aliphatic rings. The van der Waals surface area contributed by atoms with E-state index in [2.05, 4.69) is 4.72 Å². The molecule has 0 radical (unpaired) electrons. The van der Waals surface area contributed by atoms with Gasteiger partial charge < -0.3 is 14.4 Å². The first-order valence-corrected chi connectivity index (χ1v) is 11.1. The molecule has 0 amide bonds. The van der Waals surface area contributed by atoms with Crippen molar-refractivity contribution in [3.63, 3.8) is 0 Å². The first-order chi connectivity index (χ1) is 12.7. The Hall–Kier alpha value is -0.995. The molecular weight excluding hydrogens is 384 g/mol. The molecular formula is C19H29BFNO5S. The molecule has 1 aliphatic heterocycles. The fraction of sp³-hybridized carbons (Fsp3) is 0.684. The molecule has 1 aliphatic carbocycles. The van der Waals surface area contributed by atoms with E-state index in [0.29, 0.717) is 25.7 Å². The molecule has 1 saturated carbocycles. The Balaban J connectivity index is 1.75. The highest BCUT2D eigenvalue weighted by Crippen LogP contribution is 2.36. The normalized spacial score (nSPS) is 29.8. The van der Waals surface area contributed by atoms with Gasteiger partial charge in [-0.1, -0.05) is 6.07 Å². The van der Waals surface area contributed by atoms with Crippen LogP contribution >= 0.6 is 0 Å². The zero-order chi connectivity index (χ0) is 21.0. The molecule has 1 aromatic carbocycles. The summed E-state index contributed by atoms with van der Waals surface area (Å²) in [5.74, 6) is -0.687. The van der Waals surface area contributed by atoms with E-state index in [1.54, 1.807) is 6.92 Å². The van der Waals surface area contributed by atoms with Crippen molar-refractivity contribution in [1.29, 1.82) is 0 Å². The molecule has 0 aromatic heterocycles. The number of nitrogens with one attached hydrogen (secondary N) is 1. The third-order valence-corrected chi connectivity index (χ3v) is 7.69. The number of hydrogen-bond acceptors (Lipinski definition) is 5. The largest absolute Gasteiger partial charge is 0.497 e. The number of benzene rings is 1. The van der Waals surface area contributed by atoms with Crippen molar-refractivity contribution in [2.24, 2.45) is 0 Å². The summed E-state index contributed by atoms with van der Waals surface area (Å²) in [4.78, 5) is -0.136. The Bertz CT molecular complexity index is 830. The molecule has 2 N–H and O–H groups in total. The van der Waals surface area contributed by atoms with Gasteiger partial charge in [0.15, 0.2) is 0 Å². The van der Waals surface area contributed by atoms with Gasteiger partial charge >= 0.3 is 7.12 Å².